The number of aryl methyl sites for hydroxylation is 1. The van der Waals surface area contributed by atoms with Crippen LogP contribution in [0, 0.1) is 12.8 Å². The van der Waals surface area contributed by atoms with E-state index in [0.717, 1.165) is 32.5 Å². The van der Waals surface area contributed by atoms with Crippen molar-refractivity contribution in [3.8, 4) is 0 Å². The molecular weight excluding hydrogens is 298 g/mol. The first-order chi connectivity index (χ1) is 7.99. The summed E-state index contributed by atoms with van der Waals surface area (Å²) in [7, 11) is 0. The first-order valence-electron chi connectivity index (χ1n) is 5.73. The molecule has 1 aromatic carbocycles. The highest BCUT2D eigenvalue weighted by molar-refractivity contribution is 9.10. The van der Waals surface area contributed by atoms with Crippen molar-refractivity contribution in [1.29, 1.82) is 0 Å². The topological polar surface area (TPSA) is 12.9 Å². The van der Waals surface area contributed by atoms with Crippen molar-refractivity contribution in [2.24, 2.45) is 5.92 Å². The van der Waals surface area contributed by atoms with Gasteiger partial charge < -0.3 is 0 Å². The number of hydrogen-bond acceptors (Lipinski definition) is 1. The molecule has 0 saturated carbocycles. The minimum atomic E-state index is 0.583. The normalized spacial score (nSPS) is 11.4. The van der Waals surface area contributed by atoms with E-state index < -0.39 is 0 Å². The Morgan fingerprint density at radius 2 is 2.06 bits per heavy atom. The van der Waals surface area contributed by atoms with Crippen LogP contribution in [0.3, 0.4) is 0 Å². The third-order valence-electron chi connectivity index (χ3n) is 2.73. The molecule has 0 amide bonds. The van der Waals surface area contributed by atoms with Crippen LogP contribution in [0.4, 0.5) is 0 Å². The van der Waals surface area contributed by atoms with Crippen molar-refractivity contribution >= 4 is 38.4 Å². The Morgan fingerprint density at radius 1 is 1.35 bits per heavy atom. The van der Waals surface area contributed by atoms with Gasteiger partial charge in [0.15, 0.2) is 0 Å². The zero-order valence-electron chi connectivity index (χ0n) is 10.2. The van der Waals surface area contributed by atoms with Gasteiger partial charge in [-0.2, -0.15) is 0 Å². The van der Waals surface area contributed by atoms with Gasteiger partial charge in [-0.25, -0.2) is 0 Å². The number of hydrogen-bond donors (Lipinski definition) is 0. The SMILES string of the molecule is Cc1ccc2c(Cl)cc(CC(C)C)nc2c1Br. The second-order valence-electron chi connectivity index (χ2n) is 4.79. The van der Waals surface area contributed by atoms with Gasteiger partial charge in [0.1, 0.15) is 0 Å². The van der Waals surface area contributed by atoms with E-state index in [1.165, 1.54) is 5.56 Å². The number of pyridine rings is 1. The Bertz CT molecular complexity index is 564. The zero-order chi connectivity index (χ0) is 12.6. The Labute approximate surface area is 115 Å². The third-order valence-corrected chi connectivity index (χ3v) is 4.05. The fraction of sp³-hybridized carbons (Fsp3) is 0.357. The van der Waals surface area contributed by atoms with Gasteiger partial charge in [0.25, 0.3) is 0 Å². The van der Waals surface area contributed by atoms with E-state index in [9.17, 15) is 0 Å². The lowest BCUT2D eigenvalue weighted by atomic mass is 10.1. The van der Waals surface area contributed by atoms with Gasteiger partial charge in [-0.05, 0) is 46.8 Å². The van der Waals surface area contributed by atoms with Gasteiger partial charge in [0, 0.05) is 15.6 Å². The Kier molecular flexibility index (Phi) is 3.74. The average molecular weight is 313 g/mol. The summed E-state index contributed by atoms with van der Waals surface area (Å²) < 4.78 is 1.04. The number of rotatable bonds is 2. The maximum Gasteiger partial charge on any atom is 0.0864 e. The molecule has 0 aliphatic carbocycles. The van der Waals surface area contributed by atoms with Crippen LogP contribution in [0.25, 0.3) is 10.9 Å². The summed E-state index contributed by atoms with van der Waals surface area (Å²) in [6, 6.07) is 6.07. The van der Waals surface area contributed by atoms with E-state index in [0.29, 0.717) is 5.92 Å². The largest absolute Gasteiger partial charge is 0.252 e. The highest BCUT2D eigenvalue weighted by Crippen LogP contribution is 2.31. The smallest absolute Gasteiger partial charge is 0.0864 e. The number of aromatic nitrogens is 1. The molecule has 0 spiro atoms. The predicted molar refractivity (Wildman–Crippen MR) is 77.7 cm³/mol. The van der Waals surface area contributed by atoms with Crippen LogP contribution in [-0.2, 0) is 6.42 Å². The van der Waals surface area contributed by atoms with Crippen LogP contribution >= 0.6 is 27.5 Å². The minimum absolute atomic E-state index is 0.583. The van der Waals surface area contributed by atoms with Gasteiger partial charge in [-0.3, -0.25) is 4.98 Å². The van der Waals surface area contributed by atoms with E-state index in [4.69, 9.17) is 16.6 Å². The second kappa shape index (κ2) is 4.95. The van der Waals surface area contributed by atoms with Gasteiger partial charge in [-0.15, -0.1) is 0 Å². The van der Waals surface area contributed by atoms with Gasteiger partial charge in [-0.1, -0.05) is 37.6 Å². The molecule has 0 saturated heterocycles. The van der Waals surface area contributed by atoms with Crippen molar-refractivity contribution in [2.45, 2.75) is 27.2 Å². The summed E-state index contributed by atoms with van der Waals surface area (Å²) in [5, 5.41) is 1.79. The Balaban J connectivity index is 2.66. The Hall–Kier alpha value is -0.600. The standard InChI is InChI=1S/C14H15BrClN/c1-8(2)6-10-7-12(16)11-5-4-9(3)13(15)14(11)17-10/h4-5,7-8H,6H2,1-3H3. The van der Waals surface area contributed by atoms with Crippen molar-refractivity contribution in [1.82, 2.24) is 4.98 Å². The van der Waals surface area contributed by atoms with Gasteiger partial charge in [0.2, 0.25) is 0 Å². The summed E-state index contributed by atoms with van der Waals surface area (Å²) in [4.78, 5) is 4.71. The van der Waals surface area contributed by atoms with Crippen LogP contribution in [0.5, 0.6) is 0 Å². The Morgan fingerprint density at radius 3 is 2.71 bits per heavy atom. The molecule has 0 aliphatic heterocycles. The molecule has 0 aliphatic rings. The van der Waals surface area contributed by atoms with Crippen molar-refractivity contribution in [3.63, 3.8) is 0 Å². The van der Waals surface area contributed by atoms with Crippen LogP contribution in [-0.4, -0.2) is 4.98 Å². The third kappa shape index (κ3) is 2.63. The van der Waals surface area contributed by atoms with Crippen LogP contribution in [0.15, 0.2) is 22.7 Å². The molecular formula is C14H15BrClN. The molecule has 2 rings (SSSR count). The fourth-order valence-electron chi connectivity index (χ4n) is 1.89. The second-order valence-corrected chi connectivity index (χ2v) is 5.99. The van der Waals surface area contributed by atoms with Crippen molar-refractivity contribution in [2.75, 3.05) is 0 Å². The average Bonchev–Trinajstić information content (AvgIpc) is 2.23. The summed E-state index contributed by atoms with van der Waals surface area (Å²) in [6.07, 6.45) is 0.954. The molecule has 90 valence electrons. The van der Waals surface area contributed by atoms with Crippen LogP contribution < -0.4 is 0 Å². The maximum atomic E-state index is 6.31. The molecule has 0 bridgehead atoms. The van der Waals surface area contributed by atoms with Crippen molar-refractivity contribution in [3.05, 3.63) is 39.0 Å². The molecule has 1 heterocycles. The lowest BCUT2D eigenvalue weighted by molar-refractivity contribution is 0.637. The summed E-state index contributed by atoms with van der Waals surface area (Å²) in [5.41, 5.74) is 3.21. The van der Waals surface area contributed by atoms with E-state index in [1.54, 1.807) is 0 Å². The molecule has 0 unspecified atom stereocenters. The lowest BCUT2D eigenvalue weighted by Gasteiger charge is -2.09. The highest BCUT2D eigenvalue weighted by Gasteiger charge is 2.09. The first kappa shape index (κ1) is 12.8. The summed E-state index contributed by atoms with van der Waals surface area (Å²) >= 11 is 9.90. The molecule has 1 aromatic heterocycles. The van der Waals surface area contributed by atoms with Gasteiger partial charge >= 0.3 is 0 Å². The van der Waals surface area contributed by atoms with E-state index >= 15 is 0 Å². The van der Waals surface area contributed by atoms with Crippen LogP contribution in [0.2, 0.25) is 5.02 Å². The van der Waals surface area contributed by atoms with E-state index in [-0.39, 0.29) is 0 Å². The number of halogens is 2. The molecule has 0 N–H and O–H groups in total. The van der Waals surface area contributed by atoms with Gasteiger partial charge in [0.05, 0.1) is 10.5 Å². The van der Waals surface area contributed by atoms with E-state index in [2.05, 4.69) is 42.8 Å². The maximum absolute atomic E-state index is 6.31. The molecule has 1 nitrogen and oxygen atoms in total. The lowest BCUT2D eigenvalue weighted by Crippen LogP contribution is -1.98. The van der Waals surface area contributed by atoms with Crippen LogP contribution in [0.1, 0.15) is 25.1 Å². The molecule has 2 aromatic rings. The summed E-state index contributed by atoms with van der Waals surface area (Å²) in [6.45, 7) is 6.43. The quantitative estimate of drug-likeness (QED) is 0.746. The number of nitrogens with zero attached hydrogens (tertiary/aromatic N) is 1. The number of benzene rings is 1. The molecule has 17 heavy (non-hydrogen) atoms. The predicted octanol–water partition coefficient (Wildman–Crippen LogP) is 5.16. The minimum Gasteiger partial charge on any atom is -0.252 e. The highest BCUT2D eigenvalue weighted by atomic mass is 79.9. The first-order valence-corrected chi connectivity index (χ1v) is 6.90. The molecule has 0 radical (unpaired) electrons. The summed E-state index contributed by atoms with van der Waals surface area (Å²) in [5.74, 6) is 0.583. The molecule has 0 fully saturated rings. The number of fused-ring (bicyclic) bond motifs is 1. The fourth-order valence-corrected chi connectivity index (χ4v) is 2.60. The zero-order valence-corrected chi connectivity index (χ0v) is 12.6. The van der Waals surface area contributed by atoms with Crippen molar-refractivity contribution < 1.29 is 0 Å². The molecule has 0 atom stereocenters. The monoisotopic (exact) mass is 311 g/mol. The molecule has 3 heteroatoms. The van der Waals surface area contributed by atoms with E-state index in [1.807, 2.05) is 12.1 Å².